The molecule has 0 heterocycles. The molecule has 0 saturated heterocycles. The van der Waals surface area contributed by atoms with E-state index in [9.17, 15) is 0 Å². The van der Waals surface area contributed by atoms with Gasteiger partial charge in [0.15, 0.2) is 0 Å². The molecule has 0 aliphatic heterocycles. The van der Waals surface area contributed by atoms with Gasteiger partial charge in [0.1, 0.15) is 0 Å². The van der Waals surface area contributed by atoms with E-state index < -0.39 is 0 Å². The van der Waals surface area contributed by atoms with E-state index in [-0.39, 0.29) is 6.04 Å². The van der Waals surface area contributed by atoms with Crippen molar-refractivity contribution in [3.8, 4) is 0 Å². The van der Waals surface area contributed by atoms with E-state index >= 15 is 0 Å². The zero-order valence-corrected chi connectivity index (χ0v) is 9.09. The Labute approximate surface area is 86.3 Å². The van der Waals surface area contributed by atoms with E-state index in [1.54, 1.807) is 11.1 Å². The number of fused-ring (bicyclic) bond motifs is 1. The Bertz CT molecular complexity index is 328. The van der Waals surface area contributed by atoms with E-state index in [0.717, 1.165) is 0 Å². The summed E-state index contributed by atoms with van der Waals surface area (Å²) in [5.41, 5.74) is 10.4. The summed E-state index contributed by atoms with van der Waals surface area (Å²) in [7, 11) is 0. The average Bonchev–Trinajstić information content (AvgIpc) is 2.62. The third-order valence-corrected chi connectivity index (χ3v) is 3.44. The van der Waals surface area contributed by atoms with Crippen molar-refractivity contribution in [3.05, 3.63) is 34.9 Å². The van der Waals surface area contributed by atoms with Crippen LogP contribution in [-0.2, 0) is 12.8 Å². The van der Waals surface area contributed by atoms with Gasteiger partial charge >= 0.3 is 0 Å². The van der Waals surface area contributed by atoms with Crippen LogP contribution in [-0.4, -0.2) is 6.04 Å². The van der Waals surface area contributed by atoms with Crippen LogP contribution in [0.2, 0.25) is 0 Å². The molecule has 2 N–H and O–H groups in total. The summed E-state index contributed by atoms with van der Waals surface area (Å²) in [6.45, 7) is 4.29. The first kappa shape index (κ1) is 9.72. The first-order chi connectivity index (χ1) is 6.68. The van der Waals surface area contributed by atoms with Gasteiger partial charge in [-0.2, -0.15) is 0 Å². The molecule has 0 radical (unpaired) electrons. The van der Waals surface area contributed by atoms with Gasteiger partial charge in [0.25, 0.3) is 0 Å². The summed E-state index contributed by atoms with van der Waals surface area (Å²) in [6, 6.07) is 7.14. The highest BCUT2D eigenvalue weighted by Gasteiger charge is 2.15. The smallest absolute Gasteiger partial charge is 0.00766 e. The molecule has 0 spiro atoms. The largest absolute Gasteiger partial charge is 0.327 e. The lowest BCUT2D eigenvalue weighted by molar-refractivity contribution is 0.612. The molecular weight excluding hydrogens is 170 g/mol. The molecule has 2 unspecified atom stereocenters. The van der Waals surface area contributed by atoms with Gasteiger partial charge in [-0.1, -0.05) is 25.1 Å². The molecular formula is C13H19N. The summed E-state index contributed by atoms with van der Waals surface area (Å²) in [6.07, 6.45) is 3.85. The van der Waals surface area contributed by atoms with Crippen molar-refractivity contribution in [1.29, 1.82) is 0 Å². The second-order valence-electron chi connectivity index (χ2n) is 4.53. The van der Waals surface area contributed by atoms with Crippen LogP contribution in [0.15, 0.2) is 18.2 Å². The molecule has 1 aromatic carbocycles. The van der Waals surface area contributed by atoms with E-state index in [2.05, 4.69) is 32.0 Å². The van der Waals surface area contributed by atoms with E-state index in [1.165, 1.54) is 24.8 Å². The maximum Gasteiger partial charge on any atom is 0.00766 e. The molecule has 0 fully saturated rings. The van der Waals surface area contributed by atoms with Crippen LogP contribution in [0, 0.1) is 0 Å². The standard InChI is InChI=1S/C13H19N/c1-9(10(2)14)12-7-6-11-4-3-5-13(11)8-12/h6-10H,3-5,14H2,1-2H3. The van der Waals surface area contributed by atoms with Gasteiger partial charge in [-0.05, 0) is 48.8 Å². The quantitative estimate of drug-likeness (QED) is 0.760. The highest BCUT2D eigenvalue weighted by atomic mass is 14.6. The predicted molar refractivity (Wildman–Crippen MR) is 60.5 cm³/mol. The maximum absolute atomic E-state index is 5.91. The predicted octanol–water partition coefficient (Wildman–Crippen LogP) is 2.63. The molecule has 1 aliphatic rings. The molecule has 1 aromatic rings. The lowest BCUT2D eigenvalue weighted by Gasteiger charge is -2.16. The number of nitrogens with two attached hydrogens (primary N) is 1. The molecule has 1 heteroatoms. The van der Waals surface area contributed by atoms with Crippen LogP contribution in [0.1, 0.15) is 42.9 Å². The zero-order valence-electron chi connectivity index (χ0n) is 9.09. The lowest BCUT2D eigenvalue weighted by atomic mass is 9.92. The molecule has 2 rings (SSSR count). The van der Waals surface area contributed by atoms with Gasteiger partial charge in [0.05, 0.1) is 0 Å². The minimum Gasteiger partial charge on any atom is -0.327 e. The van der Waals surface area contributed by atoms with E-state index in [1.807, 2.05) is 0 Å². The Morgan fingerprint density at radius 1 is 1.14 bits per heavy atom. The van der Waals surface area contributed by atoms with Gasteiger partial charge in [-0.15, -0.1) is 0 Å². The van der Waals surface area contributed by atoms with Crippen molar-refractivity contribution in [2.45, 2.75) is 45.1 Å². The Morgan fingerprint density at radius 2 is 1.86 bits per heavy atom. The van der Waals surface area contributed by atoms with Gasteiger partial charge in [-0.3, -0.25) is 0 Å². The number of aryl methyl sites for hydroxylation is 2. The molecule has 14 heavy (non-hydrogen) atoms. The minimum absolute atomic E-state index is 0.245. The molecule has 1 nitrogen and oxygen atoms in total. The highest BCUT2D eigenvalue weighted by Crippen LogP contribution is 2.26. The molecule has 76 valence electrons. The van der Waals surface area contributed by atoms with E-state index in [0.29, 0.717) is 5.92 Å². The number of benzene rings is 1. The van der Waals surface area contributed by atoms with Crippen molar-refractivity contribution in [1.82, 2.24) is 0 Å². The second-order valence-corrected chi connectivity index (χ2v) is 4.53. The summed E-state index contributed by atoms with van der Waals surface area (Å²) in [4.78, 5) is 0. The normalized spacial score (nSPS) is 19.1. The zero-order chi connectivity index (χ0) is 10.1. The number of hydrogen-bond acceptors (Lipinski definition) is 1. The SMILES string of the molecule is CC(N)C(C)c1ccc2c(c1)CCC2. The van der Waals surface area contributed by atoms with Crippen LogP contribution < -0.4 is 5.73 Å². The Balaban J connectivity index is 2.28. The number of rotatable bonds is 2. The van der Waals surface area contributed by atoms with Crippen LogP contribution in [0.5, 0.6) is 0 Å². The molecule has 2 atom stereocenters. The van der Waals surface area contributed by atoms with Gasteiger partial charge in [0, 0.05) is 6.04 Å². The average molecular weight is 189 g/mol. The fourth-order valence-corrected chi connectivity index (χ4v) is 2.18. The van der Waals surface area contributed by atoms with E-state index in [4.69, 9.17) is 5.73 Å². The number of hydrogen-bond donors (Lipinski definition) is 1. The van der Waals surface area contributed by atoms with Gasteiger partial charge in [-0.25, -0.2) is 0 Å². The Hall–Kier alpha value is -0.820. The van der Waals surface area contributed by atoms with Crippen molar-refractivity contribution >= 4 is 0 Å². The van der Waals surface area contributed by atoms with Crippen molar-refractivity contribution < 1.29 is 0 Å². The monoisotopic (exact) mass is 189 g/mol. The highest BCUT2D eigenvalue weighted by molar-refractivity contribution is 5.36. The third kappa shape index (κ3) is 1.69. The van der Waals surface area contributed by atoms with Crippen LogP contribution >= 0.6 is 0 Å². The lowest BCUT2D eigenvalue weighted by Crippen LogP contribution is -2.22. The molecule has 0 aromatic heterocycles. The summed E-state index contributed by atoms with van der Waals surface area (Å²) in [5.74, 6) is 0.473. The van der Waals surface area contributed by atoms with Gasteiger partial charge in [0.2, 0.25) is 0 Å². The fourth-order valence-electron chi connectivity index (χ4n) is 2.18. The van der Waals surface area contributed by atoms with Crippen molar-refractivity contribution in [2.75, 3.05) is 0 Å². The van der Waals surface area contributed by atoms with Gasteiger partial charge < -0.3 is 5.73 Å². The molecule has 1 aliphatic carbocycles. The summed E-state index contributed by atoms with van der Waals surface area (Å²) in [5, 5.41) is 0. The maximum atomic E-state index is 5.91. The minimum atomic E-state index is 0.245. The van der Waals surface area contributed by atoms with Crippen LogP contribution in [0.25, 0.3) is 0 Å². The van der Waals surface area contributed by atoms with Crippen molar-refractivity contribution in [3.63, 3.8) is 0 Å². The first-order valence-corrected chi connectivity index (χ1v) is 5.56. The Kier molecular flexibility index (Phi) is 2.60. The first-order valence-electron chi connectivity index (χ1n) is 5.56. The molecule has 0 saturated carbocycles. The fraction of sp³-hybridized carbons (Fsp3) is 0.538. The van der Waals surface area contributed by atoms with Crippen LogP contribution in [0.3, 0.4) is 0 Å². The molecule has 0 amide bonds. The van der Waals surface area contributed by atoms with Crippen molar-refractivity contribution in [2.24, 2.45) is 5.73 Å². The molecule has 0 bridgehead atoms. The van der Waals surface area contributed by atoms with Crippen LogP contribution in [0.4, 0.5) is 0 Å². The third-order valence-electron chi connectivity index (χ3n) is 3.44. The summed E-state index contributed by atoms with van der Waals surface area (Å²) >= 11 is 0. The topological polar surface area (TPSA) is 26.0 Å². The Morgan fingerprint density at radius 3 is 2.57 bits per heavy atom. The summed E-state index contributed by atoms with van der Waals surface area (Å²) < 4.78 is 0. The second kappa shape index (κ2) is 3.74.